The highest BCUT2D eigenvalue weighted by Gasteiger charge is 2.17. The lowest BCUT2D eigenvalue weighted by molar-refractivity contribution is -0.116. The number of benzene rings is 3. The molecule has 0 spiro atoms. The fourth-order valence-electron chi connectivity index (χ4n) is 3.40. The van der Waals surface area contributed by atoms with Crippen molar-refractivity contribution >= 4 is 57.3 Å². The van der Waals surface area contributed by atoms with E-state index in [1.54, 1.807) is 34.9 Å². The van der Waals surface area contributed by atoms with Gasteiger partial charge in [0.15, 0.2) is 5.16 Å². The highest BCUT2D eigenvalue weighted by molar-refractivity contribution is 7.99. The fraction of sp³-hybridized carbons (Fsp3) is 0.120. The number of anilines is 2. The molecule has 0 radical (unpaired) electrons. The van der Waals surface area contributed by atoms with Gasteiger partial charge >= 0.3 is 0 Å². The van der Waals surface area contributed by atoms with Crippen molar-refractivity contribution < 1.29 is 9.59 Å². The molecule has 172 valence electrons. The van der Waals surface area contributed by atoms with Crippen LogP contribution in [0.2, 0.25) is 5.02 Å². The summed E-state index contributed by atoms with van der Waals surface area (Å²) < 4.78 is 1.78. The first-order chi connectivity index (χ1) is 16.5. The SMILES string of the molecule is C=CCn1c(CC(=O)Nc2ccc(Cl)cc2)nnc1SCC(=O)Nc1cccc2ccccc12. The molecule has 0 atom stereocenters. The number of nitrogens with one attached hydrogen (secondary N) is 2. The van der Waals surface area contributed by atoms with Crippen LogP contribution in [0.25, 0.3) is 10.8 Å². The summed E-state index contributed by atoms with van der Waals surface area (Å²) in [7, 11) is 0. The molecule has 0 fully saturated rings. The Morgan fingerprint density at radius 1 is 0.971 bits per heavy atom. The van der Waals surface area contributed by atoms with Crippen LogP contribution in [0.3, 0.4) is 0 Å². The Hall–Kier alpha value is -3.62. The molecule has 0 aliphatic carbocycles. The largest absolute Gasteiger partial charge is 0.326 e. The Bertz CT molecular complexity index is 1330. The van der Waals surface area contributed by atoms with Crippen LogP contribution in [0.4, 0.5) is 11.4 Å². The van der Waals surface area contributed by atoms with Gasteiger partial charge in [0.2, 0.25) is 11.8 Å². The molecule has 0 aliphatic heterocycles. The van der Waals surface area contributed by atoms with Gasteiger partial charge in [-0.1, -0.05) is 65.8 Å². The number of carbonyl (C=O) groups is 2. The fourth-order valence-corrected chi connectivity index (χ4v) is 4.29. The van der Waals surface area contributed by atoms with Gasteiger partial charge in [-0.05, 0) is 35.7 Å². The third-order valence-corrected chi connectivity index (χ3v) is 6.17. The summed E-state index contributed by atoms with van der Waals surface area (Å²) in [6, 6.07) is 20.5. The Kier molecular flexibility index (Phi) is 7.61. The van der Waals surface area contributed by atoms with Crippen molar-refractivity contribution in [3.63, 3.8) is 0 Å². The zero-order chi connectivity index (χ0) is 23.9. The van der Waals surface area contributed by atoms with Crippen molar-refractivity contribution in [2.45, 2.75) is 18.1 Å². The Balaban J connectivity index is 1.40. The van der Waals surface area contributed by atoms with Crippen LogP contribution in [0, 0.1) is 0 Å². The summed E-state index contributed by atoms with van der Waals surface area (Å²) in [6.45, 7) is 4.20. The second kappa shape index (κ2) is 11.0. The van der Waals surface area contributed by atoms with Crippen LogP contribution in [0.1, 0.15) is 5.82 Å². The number of allylic oxidation sites excluding steroid dienone is 1. The van der Waals surface area contributed by atoms with Crippen molar-refractivity contribution in [3.05, 3.63) is 90.2 Å². The van der Waals surface area contributed by atoms with E-state index in [0.717, 1.165) is 16.5 Å². The van der Waals surface area contributed by atoms with E-state index in [1.165, 1.54) is 11.8 Å². The Morgan fingerprint density at radius 3 is 2.53 bits per heavy atom. The molecule has 1 heterocycles. The zero-order valence-electron chi connectivity index (χ0n) is 18.2. The molecular weight excluding hydrogens is 470 g/mol. The first-order valence-electron chi connectivity index (χ1n) is 10.5. The van der Waals surface area contributed by atoms with Crippen LogP contribution < -0.4 is 10.6 Å². The van der Waals surface area contributed by atoms with Crippen LogP contribution in [0.15, 0.2) is 84.5 Å². The number of carbonyl (C=O) groups excluding carboxylic acids is 2. The molecule has 0 bridgehead atoms. The predicted octanol–water partition coefficient (Wildman–Crippen LogP) is 5.18. The number of hydrogen-bond acceptors (Lipinski definition) is 5. The second-order valence-corrected chi connectivity index (χ2v) is 8.77. The molecule has 4 aromatic rings. The van der Waals surface area contributed by atoms with Crippen LogP contribution in [-0.4, -0.2) is 32.3 Å². The highest BCUT2D eigenvalue weighted by atomic mass is 35.5. The van der Waals surface area contributed by atoms with E-state index in [1.807, 2.05) is 42.5 Å². The standard InChI is InChI=1S/C25H22ClN5O2S/c1-2-14-31-22(15-23(32)27-19-12-10-18(26)11-13-19)29-30-25(31)34-16-24(33)28-21-9-5-7-17-6-3-4-8-20(17)21/h2-13H,1,14-16H2,(H,27,32)(H,28,33). The van der Waals surface area contributed by atoms with Gasteiger partial charge in [0.25, 0.3) is 0 Å². The predicted molar refractivity (Wildman–Crippen MR) is 137 cm³/mol. The van der Waals surface area contributed by atoms with E-state index >= 15 is 0 Å². The van der Waals surface area contributed by atoms with Gasteiger partial charge in [-0.2, -0.15) is 0 Å². The average molecular weight is 492 g/mol. The average Bonchev–Trinajstić information content (AvgIpc) is 3.20. The van der Waals surface area contributed by atoms with Crippen molar-refractivity contribution in [3.8, 4) is 0 Å². The van der Waals surface area contributed by atoms with Gasteiger partial charge in [-0.15, -0.1) is 16.8 Å². The summed E-state index contributed by atoms with van der Waals surface area (Å²) in [5.41, 5.74) is 1.40. The van der Waals surface area contributed by atoms with E-state index < -0.39 is 0 Å². The molecule has 9 heteroatoms. The summed E-state index contributed by atoms with van der Waals surface area (Å²) in [6.07, 6.45) is 1.73. The minimum atomic E-state index is -0.231. The molecule has 0 saturated carbocycles. The van der Waals surface area contributed by atoms with E-state index in [-0.39, 0.29) is 24.0 Å². The molecule has 2 amide bonds. The minimum Gasteiger partial charge on any atom is -0.326 e. The van der Waals surface area contributed by atoms with Gasteiger partial charge in [-0.3, -0.25) is 9.59 Å². The van der Waals surface area contributed by atoms with E-state index in [0.29, 0.717) is 28.2 Å². The minimum absolute atomic E-state index is 0.0340. The van der Waals surface area contributed by atoms with Crippen LogP contribution in [0.5, 0.6) is 0 Å². The summed E-state index contributed by atoms with van der Waals surface area (Å²) in [4.78, 5) is 25.1. The third kappa shape index (κ3) is 5.84. The van der Waals surface area contributed by atoms with Gasteiger partial charge in [-0.25, -0.2) is 0 Å². The molecular formula is C25H22ClN5O2S. The zero-order valence-corrected chi connectivity index (χ0v) is 19.8. The molecule has 34 heavy (non-hydrogen) atoms. The Morgan fingerprint density at radius 2 is 1.74 bits per heavy atom. The number of aromatic nitrogens is 3. The summed E-state index contributed by atoms with van der Waals surface area (Å²) in [5, 5.41) is 17.3. The maximum atomic E-state index is 12.6. The number of rotatable bonds is 9. The number of fused-ring (bicyclic) bond motifs is 1. The van der Waals surface area contributed by atoms with Crippen molar-refractivity contribution in [2.75, 3.05) is 16.4 Å². The lowest BCUT2D eigenvalue weighted by Gasteiger charge is -2.10. The van der Waals surface area contributed by atoms with Gasteiger partial charge in [0.1, 0.15) is 5.82 Å². The topological polar surface area (TPSA) is 88.9 Å². The lowest BCUT2D eigenvalue weighted by atomic mass is 10.1. The van der Waals surface area contributed by atoms with E-state index in [4.69, 9.17) is 11.6 Å². The van der Waals surface area contributed by atoms with Crippen molar-refractivity contribution in [2.24, 2.45) is 0 Å². The molecule has 4 rings (SSSR count). The van der Waals surface area contributed by atoms with E-state index in [9.17, 15) is 9.59 Å². The highest BCUT2D eigenvalue weighted by Crippen LogP contribution is 2.24. The quantitative estimate of drug-likeness (QED) is 0.248. The lowest BCUT2D eigenvalue weighted by Crippen LogP contribution is -2.18. The maximum Gasteiger partial charge on any atom is 0.234 e. The second-order valence-electron chi connectivity index (χ2n) is 7.39. The number of amides is 2. The smallest absolute Gasteiger partial charge is 0.234 e. The van der Waals surface area contributed by atoms with Crippen molar-refractivity contribution in [1.82, 2.24) is 14.8 Å². The number of hydrogen-bond donors (Lipinski definition) is 2. The molecule has 0 aliphatic rings. The molecule has 3 aromatic carbocycles. The summed E-state index contributed by atoms with van der Waals surface area (Å²) >= 11 is 7.14. The first-order valence-corrected chi connectivity index (χ1v) is 11.9. The van der Waals surface area contributed by atoms with Gasteiger partial charge in [0.05, 0.1) is 12.2 Å². The first kappa shape index (κ1) is 23.5. The molecule has 7 nitrogen and oxygen atoms in total. The summed E-state index contributed by atoms with van der Waals surface area (Å²) in [5.74, 6) is 0.250. The number of thioether (sulfide) groups is 1. The maximum absolute atomic E-state index is 12.6. The van der Waals surface area contributed by atoms with Crippen LogP contribution >= 0.6 is 23.4 Å². The molecule has 1 aromatic heterocycles. The van der Waals surface area contributed by atoms with Gasteiger partial charge < -0.3 is 15.2 Å². The normalized spacial score (nSPS) is 10.7. The molecule has 0 saturated heterocycles. The number of halogens is 1. The van der Waals surface area contributed by atoms with Crippen molar-refractivity contribution in [1.29, 1.82) is 0 Å². The van der Waals surface area contributed by atoms with Crippen LogP contribution in [-0.2, 0) is 22.6 Å². The van der Waals surface area contributed by atoms with Gasteiger partial charge in [0, 0.05) is 28.3 Å². The monoisotopic (exact) mass is 491 g/mol. The molecule has 0 unspecified atom stereocenters. The molecule has 2 N–H and O–H groups in total. The number of nitrogens with zero attached hydrogens (tertiary/aromatic N) is 3. The Labute approximate surface area is 206 Å². The third-order valence-electron chi connectivity index (χ3n) is 4.95. The van der Waals surface area contributed by atoms with E-state index in [2.05, 4.69) is 27.4 Å².